The maximum absolute atomic E-state index is 13.6. The third-order valence-corrected chi connectivity index (χ3v) is 4.26. The molecule has 1 rings (SSSR count). The van der Waals surface area contributed by atoms with Crippen LogP contribution in [0.15, 0.2) is 18.2 Å². The first-order valence-corrected chi connectivity index (χ1v) is 8.11. The standard InChI is InChI=1S/C15H21F4NS/c1-3-4-5-6-11(2)21-10-20-14-8-7-12(9-13(14)16)15(17,18)19/h7-9,11,20H,3-6,10H2,1-2H3/t11-/m0/s1. The zero-order valence-corrected chi connectivity index (χ0v) is 13.1. The highest BCUT2D eigenvalue weighted by molar-refractivity contribution is 7.99. The van der Waals surface area contributed by atoms with Crippen molar-refractivity contribution in [2.75, 3.05) is 11.2 Å². The summed E-state index contributed by atoms with van der Waals surface area (Å²) in [5.74, 6) is -0.390. The average molecular weight is 323 g/mol. The SMILES string of the molecule is CCCCC[C@H](C)SCNc1ccc(C(F)(F)F)cc1F. The van der Waals surface area contributed by atoms with E-state index in [9.17, 15) is 17.6 Å². The average Bonchev–Trinajstić information content (AvgIpc) is 2.39. The van der Waals surface area contributed by atoms with E-state index in [1.807, 2.05) is 0 Å². The van der Waals surface area contributed by atoms with Crippen LogP contribution in [0.3, 0.4) is 0 Å². The fourth-order valence-electron chi connectivity index (χ4n) is 1.86. The Balaban J connectivity index is 2.42. The second-order valence-corrected chi connectivity index (χ2v) is 6.41. The number of rotatable bonds is 8. The van der Waals surface area contributed by atoms with Crippen molar-refractivity contribution in [2.24, 2.45) is 0 Å². The third kappa shape index (κ3) is 6.59. The Bertz CT molecular complexity index is 434. The molecule has 0 heterocycles. The van der Waals surface area contributed by atoms with Gasteiger partial charge in [0, 0.05) is 5.25 Å². The molecule has 0 amide bonds. The third-order valence-electron chi connectivity index (χ3n) is 3.14. The number of anilines is 1. The number of unbranched alkanes of at least 4 members (excludes halogenated alkanes) is 2. The molecule has 0 saturated heterocycles. The molecular weight excluding hydrogens is 302 g/mol. The van der Waals surface area contributed by atoms with Gasteiger partial charge in [0.1, 0.15) is 5.82 Å². The molecule has 120 valence electrons. The van der Waals surface area contributed by atoms with Crippen LogP contribution in [0, 0.1) is 5.82 Å². The molecule has 6 heteroatoms. The van der Waals surface area contributed by atoms with Gasteiger partial charge in [-0.3, -0.25) is 0 Å². The number of hydrogen-bond donors (Lipinski definition) is 1. The van der Waals surface area contributed by atoms with E-state index < -0.39 is 17.6 Å². The summed E-state index contributed by atoms with van der Waals surface area (Å²) in [6.07, 6.45) is 0.120. The van der Waals surface area contributed by atoms with Crippen LogP contribution in [0.2, 0.25) is 0 Å². The highest BCUT2D eigenvalue weighted by Crippen LogP contribution is 2.31. The van der Waals surface area contributed by atoms with Gasteiger partial charge in [-0.2, -0.15) is 13.2 Å². The molecular formula is C15H21F4NS. The Labute approximate surface area is 127 Å². The molecule has 1 aromatic rings. The van der Waals surface area contributed by atoms with Crippen molar-refractivity contribution < 1.29 is 17.6 Å². The van der Waals surface area contributed by atoms with Gasteiger partial charge in [0.25, 0.3) is 0 Å². The molecule has 0 aliphatic rings. The van der Waals surface area contributed by atoms with E-state index in [0.29, 0.717) is 17.2 Å². The predicted octanol–water partition coefficient (Wildman–Crippen LogP) is 5.92. The summed E-state index contributed by atoms with van der Waals surface area (Å²) < 4.78 is 50.8. The van der Waals surface area contributed by atoms with E-state index in [4.69, 9.17) is 0 Å². The summed E-state index contributed by atoms with van der Waals surface area (Å²) in [5, 5.41) is 3.28. The zero-order valence-electron chi connectivity index (χ0n) is 12.3. The Morgan fingerprint density at radius 3 is 2.52 bits per heavy atom. The fraction of sp³-hybridized carbons (Fsp3) is 0.600. The predicted molar refractivity (Wildman–Crippen MR) is 81.1 cm³/mol. The summed E-state index contributed by atoms with van der Waals surface area (Å²) in [6, 6.07) is 2.55. The van der Waals surface area contributed by atoms with Gasteiger partial charge in [0.2, 0.25) is 0 Å². The monoisotopic (exact) mass is 323 g/mol. The Morgan fingerprint density at radius 2 is 1.95 bits per heavy atom. The second-order valence-electron chi connectivity index (χ2n) is 4.99. The van der Waals surface area contributed by atoms with Crippen LogP contribution in [-0.2, 0) is 6.18 Å². The van der Waals surface area contributed by atoms with Crippen molar-refractivity contribution in [2.45, 2.75) is 51.0 Å². The molecule has 0 fully saturated rings. The van der Waals surface area contributed by atoms with Crippen LogP contribution in [-0.4, -0.2) is 11.1 Å². The van der Waals surface area contributed by atoms with E-state index >= 15 is 0 Å². The van der Waals surface area contributed by atoms with Crippen molar-refractivity contribution >= 4 is 17.4 Å². The number of alkyl halides is 3. The highest BCUT2D eigenvalue weighted by Gasteiger charge is 2.31. The van der Waals surface area contributed by atoms with Gasteiger partial charge in [0.05, 0.1) is 17.1 Å². The molecule has 0 aliphatic carbocycles. The molecule has 1 aromatic carbocycles. The zero-order chi connectivity index (χ0) is 15.9. The highest BCUT2D eigenvalue weighted by atomic mass is 32.2. The van der Waals surface area contributed by atoms with Gasteiger partial charge in [-0.15, -0.1) is 11.8 Å². The van der Waals surface area contributed by atoms with E-state index in [1.54, 1.807) is 11.8 Å². The summed E-state index contributed by atoms with van der Waals surface area (Å²) >= 11 is 1.64. The first kappa shape index (κ1) is 18.1. The van der Waals surface area contributed by atoms with Crippen LogP contribution in [0.4, 0.5) is 23.2 Å². The van der Waals surface area contributed by atoms with Crippen molar-refractivity contribution in [3.63, 3.8) is 0 Å². The lowest BCUT2D eigenvalue weighted by Gasteiger charge is -2.13. The molecule has 0 aliphatic heterocycles. The summed E-state index contributed by atoms with van der Waals surface area (Å²) in [6.45, 7) is 4.25. The van der Waals surface area contributed by atoms with E-state index in [2.05, 4.69) is 19.2 Å². The van der Waals surface area contributed by atoms with Gasteiger partial charge < -0.3 is 5.32 Å². The first-order chi connectivity index (χ1) is 9.84. The molecule has 0 saturated carbocycles. The van der Waals surface area contributed by atoms with E-state index in [1.165, 1.54) is 19.3 Å². The minimum atomic E-state index is -4.51. The maximum atomic E-state index is 13.6. The lowest BCUT2D eigenvalue weighted by molar-refractivity contribution is -0.137. The molecule has 0 radical (unpaired) electrons. The molecule has 0 bridgehead atoms. The van der Waals surface area contributed by atoms with Crippen LogP contribution >= 0.6 is 11.8 Å². The van der Waals surface area contributed by atoms with Gasteiger partial charge in [0.15, 0.2) is 0 Å². The van der Waals surface area contributed by atoms with Crippen LogP contribution in [0.5, 0.6) is 0 Å². The van der Waals surface area contributed by atoms with Gasteiger partial charge in [-0.1, -0.05) is 33.1 Å². The topological polar surface area (TPSA) is 12.0 Å². The lowest BCUT2D eigenvalue weighted by atomic mass is 10.2. The molecule has 1 atom stereocenters. The van der Waals surface area contributed by atoms with Crippen molar-refractivity contribution in [3.05, 3.63) is 29.6 Å². The first-order valence-electron chi connectivity index (χ1n) is 7.06. The van der Waals surface area contributed by atoms with Crippen molar-refractivity contribution in [1.29, 1.82) is 0 Å². The number of benzene rings is 1. The number of nitrogens with one attached hydrogen (secondary N) is 1. The summed E-state index contributed by atoms with van der Waals surface area (Å²) in [4.78, 5) is 0. The smallest absolute Gasteiger partial charge is 0.374 e. The molecule has 0 spiro atoms. The normalized spacial score (nSPS) is 13.2. The minimum Gasteiger partial charge on any atom is -0.374 e. The van der Waals surface area contributed by atoms with Gasteiger partial charge in [-0.05, 0) is 24.6 Å². The largest absolute Gasteiger partial charge is 0.416 e. The minimum absolute atomic E-state index is 0.108. The van der Waals surface area contributed by atoms with E-state index in [-0.39, 0.29) is 5.69 Å². The molecule has 0 aromatic heterocycles. The maximum Gasteiger partial charge on any atom is 0.416 e. The van der Waals surface area contributed by atoms with Gasteiger partial charge in [-0.25, -0.2) is 4.39 Å². The van der Waals surface area contributed by atoms with Crippen LogP contribution in [0.1, 0.15) is 45.1 Å². The molecule has 0 unspecified atom stereocenters. The van der Waals surface area contributed by atoms with Gasteiger partial charge >= 0.3 is 6.18 Å². The summed E-state index contributed by atoms with van der Waals surface area (Å²) in [7, 11) is 0. The quantitative estimate of drug-likeness (QED) is 0.362. The number of hydrogen-bond acceptors (Lipinski definition) is 2. The molecule has 1 nitrogen and oxygen atoms in total. The molecule has 1 N–H and O–H groups in total. The molecule has 21 heavy (non-hydrogen) atoms. The second kappa shape index (κ2) is 8.51. The van der Waals surface area contributed by atoms with Crippen LogP contribution in [0.25, 0.3) is 0 Å². The van der Waals surface area contributed by atoms with Crippen molar-refractivity contribution in [3.8, 4) is 0 Å². The number of thioether (sulfide) groups is 1. The Morgan fingerprint density at radius 1 is 1.24 bits per heavy atom. The Hall–Kier alpha value is -0.910. The summed E-state index contributed by atoms with van der Waals surface area (Å²) in [5.41, 5.74) is -0.859. The fourth-order valence-corrected chi connectivity index (χ4v) is 2.72. The Kier molecular flexibility index (Phi) is 7.35. The van der Waals surface area contributed by atoms with E-state index in [0.717, 1.165) is 18.6 Å². The number of halogens is 4. The van der Waals surface area contributed by atoms with Crippen LogP contribution < -0.4 is 5.32 Å². The van der Waals surface area contributed by atoms with Crippen molar-refractivity contribution in [1.82, 2.24) is 0 Å². The lowest BCUT2D eigenvalue weighted by Crippen LogP contribution is -2.08.